The lowest BCUT2D eigenvalue weighted by Gasteiger charge is -2.32. The Hall–Kier alpha value is -0.540. The molecule has 0 amide bonds. The Morgan fingerprint density at radius 1 is 1.28 bits per heavy atom. The van der Waals surface area contributed by atoms with Crippen LogP contribution >= 0.6 is 11.8 Å². The summed E-state index contributed by atoms with van der Waals surface area (Å²) in [5.74, 6) is -0.0812. The highest BCUT2D eigenvalue weighted by atomic mass is 32.2. The number of rotatable bonds is 5. The largest absolute Gasteiger partial charge is 0.313 e. The summed E-state index contributed by atoms with van der Waals surface area (Å²) in [4.78, 5) is 0.799. The topological polar surface area (TPSA) is 12.0 Å². The monoisotopic (exact) mass is 267 g/mol. The second-order valence-corrected chi connectivity index (χ2v) is 6.21. The van der Waals surface area contributed by atoms with E-state index in [0.717, 1.165) is 17.9 Å². The highest BCUT2D eigenvalue weighted by Crippen LogP contribution is 2.35. The van der Waals surface area contributed by atoms with Crippen molar-refractivity contribution in [2.75, 3.05) is 6.54 Å². The van der Waals surface area contributed by atoms with Crippen LogP contribution in [0.3, 0.4) is 0 Å². The van der Waals surface area contributed by atoms with Gasteiger partial charge in [0, 0.05) is 16.2 Å². The SMILES string of the molecule is CCCNC1CCCCC1Sc1ccccc1F. The molecule has 2 atom stereocenters. The van der Waals surface area contributed by atoms with Crippen molar-refractivity contribution in [1.29, 1.82) is 0 Å². The summed E-state index contributed by atoms with van der Waals surface area (Å²) < 4.78 is 13.7. The molecule has 1 aliphatic carbocycles. The fraction of sp³-hybridized carbons (Fsp3) is 0.600. The van der Waals surface area contributed by atoms with E-state index in [1.807, 2.05) is 12.1 Å². The number of halogens is 1. The van der Waals surface area contributed by atoms with Gasteiger partial charge in [-0.05, 0) is 37.9 Å². The summed E-state index contributed by atoms with van der Waals surface area (Å²) in [6, 6.07) is 7.67. The zero-order valence-electron chi connectivity index (χ0n) is 11.0. The molecule has 2 rings (SSSR count). The first kappa shape index (κ1) is 13.9. The molecule has 0 bridgehead atoms. The van der Waals surface area contributed by atoms with Crippen LogP contribution in [0.25, 0.3) is 0 Å². The molecule has 1 aliphatic rings. The van der Waals surface area contributed by atoms with Gasteiger partial charge in [0.25, 0.3) is 0 Å². The lowest BCUT2D eigenvalue weighted by molar-refractivity contribution is 0.384. The fourth-order valence-corrected chi connectivity index (χ4v) is 3.85. The average molecular weight is 267 g/mol. The van der Waals surface area contributed by atoms with Crippen molar-refractivity contribution >= 4 is 11.8 Å². The van der Waals surface area contributed by atoms with Gasteiger partial charge in [0.1, 0.15) is 5.82 Å². The number of hydrogen-bond acceptors (Lipinski definition) is 2. The second-order valence-electron chi connectivity index (χ2n) is 4.93. The van der Waals surface area contributed by atoms with Gasteiger partial charge >= 0.3 is 0 Å². The average Bonchev–Trinajstić information content (AvgIpc) is 2.40. The molecular weight excluding hydrogens is 245 g/mol. The van der Waals surface area contributed by atoms with Crippen LogP contribution in [0.4, 0.5) is 4.39 Å². The number of benzene rings is 1. The Bertz CT molecular complexity index is 369. The van der Waals surface area contributed by atoms with Crippen molar-refractivity contribution in [2.24, 2.45) is 0 Å². The highest BCUT2D eigenvalue weighted by molar-refractivity contribution is 8.00. The zero-order valence-corrected chi connectivity index (χ0v) is 11.8. The van der Waals surface area contributed by atoms with Gasteiger partial charge in [-0.3, -0.25) is 0 Å². The molecule has 0 radical (unpaired) electrons. The first-order valence-electron chi connectivity index (χ1n) is 6.96. The van der Waals surface area contributed by atoms with Gasteiger partial charge in [-0.15, -0.1) is 11.8 Å². The van der Waals surface area contributed by atoms with E-state index in [4.69, 9.17) is 0 Å². The third-order valence-electron chi connectivity index (χ3n) is 3.47. The van der Waals surface area contributed by atoms with Crippen LogP contribution in [0.2, 0.25) is 0 Å². The minimum Gasteiger partial charge on any atom is -0.313 e. The summed E-state index contributed by atoms with van der Waals surface area (Å²) in [6.07, 6.45) is 6.16. The standard InChI is InChI=1S/C15H22FNS/c1-2-11-17-13-8-4-6-10-15(13)18-14-9-5-3-7-12(14)16/h3,5,7,9,13,15,17H,2,4,6,8,10-11H2,1H3. The minimum absolute atomic E-state index is 0.0812. The van der Waals surface area contributed by atoms with Gasteiger partial charge in [0.2, 0.25) is 0 Å². The molecule has 0 aliphatic heterocycles. The smallest absolute Gasteiger partial charge is 0.136 e. The molecule has 2 unspecified atom stereocenters. The molecule has 1 fully saturated rings. The van der Waals surface area contributed by atoms with Gasteiger partial charge in [0.05, 0.1) is 0 Å². The maximum Gasteiger partial charge on any atom is 0.136 e. The van der Waals surface area contributed by atoms with E-state index in [1.165, 1.54) is 25.7 Å². The summed E-state index contributed by atoms with van der Waals surface area (Å²) >= 11 is 1.71. The van der Waals surface area contributed by atoms with Crippen LogP contribution < -0.4 is 5.32 Å². The molecule has 1 nitrogen and oxygen atoms in total. The summed E-state index contributed by atoms with van der Waals surface area (Å²) in [5, 5.41) is 4.13. The van der Waals surface area contributed by atoms with Crippen molar-refractivity contribution in [1.82, 2.24) is 5.32 Å². The third-order valence-corrected chi connectivity index (χ3v) is 4.93. The van der Waals surface area contributed by atoms with Crippen molar-refractivity contribution in [2.45, 2.75) is 55.2 Å². The van der Waals surface area contributed by atoms with E-state index >= 15 is 0 Å². The Labute approximate surface area is 114 Å². The number of thioether (sulfide) groups is 1. The van der Waals surface area contributed by atoms with E-state index in [-0.39, 0.29) is 5.82 Å². The van der Waals surface area contributed by atoms with Crippen molar-refractivity contribution in [3.8, 4) is 0 Å². The molecule has 1 saturated carbocycles. The normalized spacial score (nSPS) is 24.1. The van der Waals surface area contributed by atoms with Gasteiger partial charge in [-0.1, -0.05) is 31.9 Å². The molecule has 18 heavy (non-hydrogen) atoms. The molecule has 100 valence electrons. The molecule has 0 saturated heterocycles. The number of hydrogen-bond donors (Lipinski definition) is 1. The second kappa shape index (κ2) is 7.15. The van der Waals surface area contributed by atoms with Crippen LogP contribution in [-0.2, 0) is 0 Å². The van der Waals surface area contributed by atoms with E-state index in [0.29, 0.717) is 11.3 Å². The molecular formula is C15H22FNS. The van der Waals surface area contributed by atoms with Crippen molar-refractivity contribution in [3.63, 3.8) is 0 Å². The Morgan fingerprint density at radius 3 is 2.83 bits per heavy atom. The number of nitrogens with one attached hydrogen (secondary N) is 1. The molecule has 1 aromatic carbocycles. The summed E-state index contributed by atoms with van der Waals surface area (Å²) in [7, 11) is 0. The highest BCUT2D eigenvalue weighted by Gasteiger charge is 2.25. The lowest BCUT2D eigenvalue weighted by Crippen LogP contribution is -2.40. The maximum atomic E-state index is 13.7. The first-order chi connectivity index (χ1) is 8.81. The summed E-state index contributed by atoms with van der Waals surface area (Å²) in [6.45, 7) is 3.26. The van der Waals surface area contributed by atoms with Gasteiger partial charge in [-0.2, -0.15) is 0 Å². The van der Waals surface area contributed by atoms with E-state index in [2.05, 4.69) is 12.2 Å². The lowest BCUT2D eigenvalue weighted by atomic mass is 9.95. The van der Waals surface area contributed by atoms with E-state index in [1.54, 1.807) is 23.9 Å². The van der Waals surface area contributed by atoms with Crippen LogP contribution in [0.15, 0.2) is 29.2 Å². The van der Waals surface area contributed by atoms with Gasteiger partial charge in [0.15, 0.2) is 0 Å². The first-order valence-corrected chi connectivity index (χ1v) is 7.83. The zero-order chi connectivity index (χ0) is 12.8. The molecule has 0 spiro atoms. The Kier molecular flexibility index (Phi) is 5.51. The summed E-state index contributed by atoms with van der Waals surface area (Å²) in [5.41, 5.74) is 0. The Morgan fingerprint density at radius 2 is 2.06 bits per heavy atom. The maximum absolute atomic E-state index is 13.7. The quantitative estimate of drug-likeness (QED) is 0.857. The molecule has 3 heteroatoms. The van der Waals surface area contributed by atoms with Gasteiger partial charge < -0.3 is 5.32 Å². The third kappa shape index (κ3) is 3.72. The molecule has 0 heterocycles. The predicted molar refractivity (Wildman–Crippen MR) is 76.6 cm³/mol. The van der Waals surface area contributed by atoms with Crippen molar-refractivity contribution < 1.29 is 4.39 Å². The fourth-order valence-electron chi connectivity index (χ4n) is 2.50. The van der Waals surface area contributed by atoms with Crippen LogP contribution in [0.1, 0.15) is 39.0 Å². The van der Waals surface area contributed by atoms with E-state index < -0.39 is 0 Å². The predicted octanol–water partition coefficient (Wildman–Crippen LogP) is 4.23. The Balaban J connectivity index is 1.98. The molecule has 0 aromatic heterocycles. The van der Waals surface area contributed by atoms with Crippen LogP contribution in [0.5, 0.6) is 0 Å². The van der Waals surface area contributed by atoms with Crippen molar-refractivity contribution in [3.05, 3.63) is 30.1 Å². The van der Waals surface area contributed by atoms with Crippen LogP contribution in [0, 0.1) is 5.82 Å². The van der Waals surface area contributed by atoms with E-state index in [9.17, 15) is 4.39 Å². The van der Waals surface area contributed by atoms with Crippen LogP contribution in [-0.4, -0.2) is 17.8 Å². The minimum atomic E-state index is -0.0812. The van der Waals surface area contributed by atoms with Gasteiger partial charge in [-0.25, -0.2) is 4.39 Å². The molecule has 1 aromatic rings. The molecule has 1 N–H and O–H groups in total.